The molecule has 1 aromatic carbocycles. The first-order valence-electron chi connectivity index (χ1n) is 3.71. The van der Waals surface area contributed by atoms with Gasteiger partial charge in [-0.25, -0.2) is 0 Å². The van der Waals surface area contributed by atoms with Gasteiger partial charge in [-0.1, -0.05) is 13.0 Å². The zero-order chi connectivity index (χ0) is 10.1. The molecule has 0 amide bonds. The quantitative estimate of drug-likeness (QED) is 0.672. The molecule has 0 heterocycles. The van der Waals surface area contributed by atoms with Crippen LogP contribution in [-0.4, -0.2) is 13.0 Å². The van der Waals surface area contributed by atoms with Crippen molar-refractivity contribution in [3.63, 3.8) is 0 Å². The largest absolute Gasteiger partial charge is 0.295 e. The molecule has 72 valence electrons. The molecule has 3 nitrogen and oxygen atoms in total. The van der Waals surface area contributed by atoms with Crippen molar-refractivity contribution in [1.29, 1.82) is 0 Å². The van der Waals surface area contributed by atoms with Crippen LogP contribution in [0.2, 0.25) is 0 Å². The summed E-state index contributed by atoms with van der Waals surface area (Å²) in [6.07, 6.45) is 0.749. The summed E-state index contributed by atoms with van der Waals surface area (Å²) in [7, 11) is -4.07. The molecule has 0 bridgehead atoms. The summed E-state index contributed by atoms with van der Waals surface area (Å²) in [4.78, 5) is -0.00699. The van der Waals surface area contributed by atoms with Gasteiger partial charge < -0.3 is 0 Å². The van der Waals surface area contributed by atoms with Crippen molar-refractivity contribution >= 4 is 32.7 Å². The topological polar surface area (TPSA) is 54.4 Å². The molecule has 1 N–H and O–H groups in total. The minimum atomic E-state index is -4.07. The molecule has 0 fully saturated rings. The standard InChI is InChI=1S/C8H9IO3S/c1-2-6-3-4-7(9)8(5-6)13(10,11)12/h3-5H,2H2,1H3,(H,10,11,12). The molecule has 0 aliphatic carbocycles. The van der Waals surface area contributed by atoms with Gasteiger partial charge in [-0.3, -0.25) is 4.55 Å². The SMILES string of the molecule is CCc1ccc(I)c(S(=O)(=O)O)c1. The highest BCUT2D eigenvalue weighted by Crippen LogP contribution is 2.19. The van der Waals surface area contributed by atoms with Gasteiger partial charge in [-0.15, -0.1) is 0 Å². The Hall–Kier alpha value is -0.140. The lowest BCUT2D eigenvalue weighted by molar-refractivity contribution is 0.482. The molecule has 13 heavy (non-hydrogen) atoms. The van der Waals surface area contributed by atoms with E-state index in [9.17, 15) is 8.42 Å². The fourth-order valence-electron chi connectivity index (χ4n) is 0.965. The Morgan fingerprint density at radius 2 is 2.08 bits per heavy atom. The maximum Gasteiger partial charge on any atom is 0.295 e. The van der Waals surface area contributed by atoms with Gasteiger partial charge in [-0.2, -0.15) is 8.42 Å². The summed E-state index contributed by atoms with van der Waals surface area (Å²) in [5, 5.41) is 0. The third kappa shape index (κ3) is 2.65. The van der Waals surface area contributed by atoms with Gasteiger partial charge in [0.2, 0.25) is 0 Å². The highest BCUT2D eigenvalue weighted by molar-refractivity contribution is 14.1. The molecular weight excluding hydrogens is 303 g/mol. The van der Waals surface area contributed by atoms with Crippen LogP contribution >= 0.6 is 22.6 Å². The van der Waals surface area contributed by atoms with Gasteiger partial charge in [-0.05, 0) is 46.7 Å². The van der Waals surface area contributed by atoms with Crippen molar-refractivity contribution in [2.75, 3.05) is 0 Å². The van der Waals surface area contributed by atoms with Gasteiger partial charge in [0.25, 0.3) is 10.1 Å². The predicted octanol–water partition coefficient (Wildman–Crippen LogP) is 2.10. The predicted molar refractivity (Wildman–Crippen MR) is 58.4 cm³/mol. The Balaban J connectivity index is 3.36. The summed E-state index contributed by atoms with van der Waals surface area (Å²) >= 11 is 1.88. The number of hydrogen-bond acceptors (Lipinski definition) is 2. The fraction of sp³-hybridized carbons (Fsp3) is 0.250. The molecule has 1 rings (SSSR count). The van der Waals surface area contributed by atoms with E-state index in [-0.39, 0.29) is 4.90 Å². The lowest BCUT2D eigenvalue weighted by atomic mass is 10.2. The Morgan fingerprint density at radius 1 is 1.46 bits per heavy atom. The summed E-state index contributed by atoms with van der Waals surface area (Å²) in [6, 6.07) is 5.02. The molecule has 0 saturated carbocycles. The van der Waals surface area contributed by atoms with E-state index in [1.807, 2.05) is 35.6 Å². The molecule has 0 radical (unpaired) electrons. The minimum Gasteiger partial charge on any atom is -0.282 e. The van der Waals surface area contributed by atoms with Crippen LogP contribution in [0, 0.1) is 3.57 Å². The second-order valence-electron chi connectivity index (χ2n) is 2.59. The first-order chi connectivity index (χ1) is 5.95. The van der Waals surface area contributed by atoms with E-state index in [1.54, 1.807) is 6.07 Å². The van der Waals surface area contributed by atoms with Crippen LogP contribution in [0.4, 0.5) is 0 Å². The maximum absolute atomic E-state index is 10.9. The van der Waals surface area contributed by atoms with Crippen molar-refractivity contribution in [3.8, 4) is 0 Å². The summed E-state index contributed by atoms with van der Waals surface area (Å²) in [5.74, 6) is 0. The van der Waals surface area contributed by atoms with Crippen LogP contribution in [0.25, 0.3) is 0 Å². The average molecular weight is 312 g/mol. The van der Waals surface area contributed by atoms with Crippen molar-refractivity contribution in [3.05, 3.63) is 27.3 Å². The molecule has 0 aromatic heterocycles. The molecular formula is C8H9IO3S. The summed E-state index contributed by atoms with van der Waals surface area (Å²) < 4.78 is 31.1. The zero-order valence-electron chi connectivity index (χ0n) is 6.99. The lowest BCUT2D eigenvalue weighted by Crippen LogP contribution is -2.01. The highest BCUT2D eigenvalue weighted by atomic mass is 127. The van der Waals surface area contributed by atoms with E-state index in [0.29, 0.717) is 3.57 Å². The van der Waals surface area contributed by atoms with Crippen molar-refractivity contribution in [2.45, 2.75) is 18.2 Å². The highest BCUT2D eigenvalue weighted by Gasteiger charge is 2.13. The van der Waals surface area contributed by atoms with E-state index in [2.05, 4.69) is 0 Å². The minimum absolute atomic E-state index is 0.00699. The molecule has 0 saturated heterocycles. The number of hydrogen-bond donors (Lipinski definition) is 1. The Kier molecular flexibility index (Phi) is 3.31. The first kappa shape index (κ1) is 10.9. The van der Waals surface area contributed by atoms with Crippen LogP contribution in [0.5, 0.6) is 0 Å². The third-order valence-electron chi connectivity index (χ3n) is 1.68. The normalized spacial score (nSPS) is 11.6. The van der Waals surface area contributed by atoms with Crippen molar-refractivity contribution in [1.82, 2.24) is 0 Å². The van der Waals surface area contributed by atoms with E-state index in [4.69, 9.17) is 4.55 Å². The van der Waals surface area contributed by atoms with E-state index < -0.39 is 10.1 Å². The fourth-order valence-corrected chi connectivity index (χ4v) is 2.75. The molecule has 0 aliphatic rings. The van der Waals surface area contributed by atoms with Gasteiger partial charge >= 0.3 is 0 Å². The van der Waals surface area contributed by atoms with Crippen LogP contribution in [0.1, 0.15) is 12.5 Å². The molecule has 0 unspecified atom stereocenters. The molecule has 5 heteroatoms. The Bertz CT molecular complexity index is 411. The molecule has 1 aromatic rings. The van der Waals surface area contributed by atoms with Gasteiger partial charge in [0, 0.05) is 3.57 Å². The van der Waals surface area contributed by atoms with E-state index in [1.165, 1.54) is 6.07 Å². The summed E-state index contributed by atoms with van der Waals surface area (Å²) in [5.41, 5.74) is 0.896. The zero-order valence-corrected chi connectivity index (χ0v) is 9.96. The second kappa shape index (κ2) is 3.93. The second-order valence-corrected chi connectivity index (χ2v) is 5.15. The van der Waals surface area contributed by atoms with E-state index in [0.717, 1.165) is 12.0 Å². The number of rotatable bonds is 2. The molecule has 0 aliphatic heterocycles. The maximum atomic E-state index is 10.9. The average Bonchev–Trinajstić information content (AvgIpc) is 2.03. The smallest absolute Gasteiger partial charge is 0.282 e. The van der Waals surface area contributed by atoms with Crippen molar-refractivity contribution < 1.29 is 13.0 Å². The van der Waals surface area contributed by atoms with Gasteiger partial charge in [0.05, 0.1) is 0 Å². The first-order valence-corrected chi connectivity index (χ1v) is 6.23. The molecule has 0 atom stereocenters. The van der Waals surface area contributed by atoms with Crippen LogP contribution < -0.4 is 0 Å². The Labute approximate surface area is 91.1 Å². The van der Waals surface area contributed by atoms with Gasteiger partial charge in [0.15, 0.2) is 0 Å². The van der Waals surface area contributed by atoms with Crippen LogP contribution in [-0.2, 0) is 16.5 Å². The molecule has 0 spiro atoms. The van der Waals surface area contributed by atoms with Gasteiger partial charge in [0.1, 0.15) is 4.90 Å². The van der Waals surface area contributed by atoms with Crippen LogP contribution in [0.15, 0.2) is 23.1 Å². The van der Waals surface area contributed by atoms with E-state index >= 15 is 0 Å². The lowest BCUT2D eigenvalue weighted by Gasteiger charge is -2.02. The summed E-state index contributed by atoms with van der Waals surface area (Å²) in [6.45, 7) is 1.93. The van der Waals surface area contributed by atoms with Crippen LogP contribution in [0.3, 0.4) is 0 Å². The Morgan fingerprint density at radius 3 is 2.54 bits per heavy atom. The number of benzene rings is 1. The third-order valence-corrected chi connectivity index (χ3v) is 3.88. The number of halogens is 1. The monoisotopic (exact) mass is 312 g/mol. The van der Waals surface area contributed by atoms with Crippen molar-refractivity contribution in [2.24, 2.45) is 0 Å². The number of aryl methyl sites for hydroxylation is 1.